The number of hydrogen-bond donors (Lipinski definition) is 1. The third-order valence-electron chi connectivity index (χ3n) is 5.31. The van der Waals surface area contributed by atoms with Gasteiger partial charge in [-0.2, -0.15) is 0 Å². The van der Waals surface area contributed by atoms with Gasteiger partial charge in [-0.05, 0) is 71.7 Å². The van der Waals surface area contributed by atoms with Gasteiger partial charge in [-0.15, -0.1) is 0 Å². The Labute approximate surface area is 226 Å². The maximum absolute atomic E-state index is 12.3. The summed E-state index contributed by atoms with van der Waals surface area (Å²) in [7, 11) is 0. The maximum Gasteiger partial charge on any atom is 0.336 e. The molecule has 0 radical (unpaired) electrons. The highest BCUT2D eigenvalue weighted by molar-refractivity contribution is 5.89. The van der Waals surface area contributed by atoms with Gasteiger partial charge in [0.15, 0.2) is 0 Å². The largest absolute Gasteiger partial charge is 0.490 e. The molecule has 0 bridgehead atoms. The van der Waals surface area contributed by atoms with Crippen LogP contribution in [0.15, 0.2) is 97.6 Å². The lowest BCUT2D eigenvalue weighted by Crippen LogP contribution is -2.15. The first-order valence-corrected chi connectivity index (χ1v) is 11.9. The zero-order valence-corrected chi connectivity index (χ0v) is 21.4. The SMILES string of the molecule is C=CC(=O)Oc1ccc(-c2ccc(OC(=O)/C=C/c3ccc(OCCOC(=O)C(=C)CO)c(C)c3)cc2)cc1. The average Bonchev–Trinajstić information content (AvgIpc) is 2.95. The van der Waals surface area contributed by atoms with Crippen LogP contribution in [0, 0.1) is 6.92 Å². The summed E-state index contributed by atoms with van der Waals surface area (Å²) in [5.41, 5.74) is 3.40. The zero-order chi connectivity index (χ0) is 28.2. The Kier molecular flexibility index (Phi) is 10.4. The van der Waals surface area contributed by atoms with Crippen LogP contribution in [-0.2, 0) is 19.1 Å². The van der Waals surface area contributed by atoms with E-state index >= 15 is 0 Å². The summed E-state index contributed by atoms with van der Waals surface area (Å²) < 4.78 is 21.0. The first-order valence-electron chi connectivity index (χ1n) is 11.9. The van der Waals surface area contributed by atoms with Crippen LogP contribution in [0.3, 0.4) is 0 Å². The number of ether oxygens (including phenoxy) is 4. The normalized spacial score (nSPS) is 10.5. The van der Waals surface area contributed by atoms with Crippen molar-refractivity contribution >= 4 is 24.0 Å². The molecule has 0 saturated heterocycles. The van der Waals surface area contributed by atoms with Gasteiger partial charge in [0.1, 0.15) is 30.5 Å². The van der Waals surface area contributed by atoms with E-state index in [1.54, 1.807) is 42.5 Å². The van der Waals surface area contributed by atoms with Crippen LogP contribution in [0.2, 0.25) is 0 Å². The Bertz CT molecular complexity index is 1370. The van der Waals surface area contributed by atoms with E-state index in [-0.39, 0.29) is 18.8 Å². The molecule has 200 valence electrons. The maximum atomic E-state index is 12.3. The Hall–Kier alpha value is -4.95. The van der Waals surface area contributed by atoms with E-state index in [1.807, 2.05) is 37.3 Å². The lowest BCUT2D eigenvalue weighted by Gasteiger charge is -2.10. The molecule has 0 unspecified atom stereocenters. The molecular weight excluding hydrogens is 500 g/mol. The monoisotopic (exact) mass is 528 g/mol. The molecule has 0 saturated carbocycles. The van der Waals surface area contributed by atoms with Crippen molar-refractivity contribution in [2.45, 2.75) is 6.92 Å². The summed E-state index contributed by atoms with van der Waals surface area (Å²) in [6, 6.07) is 19.4. The highest BCUT2D eigenvalue weighted by Crippen LogP contribution is 2.25. The fourth-order valence-electron chi connectivity index (χ4n) is 3.29. The summed E-state index contributed by atoms with van der Waals surface area (Å²) >= 11 is 0. The van der Waals surface area contributed by atoms with Crippen LogP contribution in [0.5, 0.6) is 17.2 Å². The van der Waals surface area contributed by atoms with Gasteiger partial charge >= 0.3 is 17.9 Å². The van der Waals surface area contributed by atoms with Gasteiger partial charge in [-0.1, -0.05) is 43.5 Å². The number of esters is 3. The molecule has 8 nitrogen and oxygen atoms in total. The Balaban J connectivity index is 1.49. The molecule has 3 aromatic rings. The molecule has 0 aliphatic rings. The highest BCUT2D eigenvalue weighted by atomic mass is 16.6. The first kappa shape index (κ1) is 28.6. The predicted molar refractivity (Wildman–Crippen MR) is 146 cm³/mol. The van der Waals surface area contributed by atoms with Crippen LogP contribution in [0.25, 0.3) is 17.2 Å². The summed E-state index contributed by atoms with van der Waals surface area (Å²) in [4.78, 5) is 35.0. The van der Waals surface area contributed by atoms with Gasteiger partial charge in [0.25, 0.3) is 0 Å². The fraction of sp³-hybridized carbons (Fsp3) is 0.129. The van der Waals surface area contributed by atoms with E-state index in [0.29, 0.717) is 17.2 Å². The lowest BCUT2D eigenvalue weighted by molar-refractivity contribution is -0.140. The van der Waals surface area contributed by atoms with Crippen LogP contribution in [-0.4, -0.2) is 42.8 Å². The average molecular weight is 529 g/mol. The van der Waals surface area contributed by atoms with Crippen molar-refractivity contribution in [1.29, 1.82) is 0 Å². The molecule has 0 aromatic heterocycles. The van der Waals surface area contributed by atoms with Crippen molar-refractivity contribution in [3.63, 3.8) is 0 Å². The van der Waals surface area contributed by atoms with Gasteiger partial charge in [0.05, 0.1) is 12.2 Å². The topological polar surface area (TPSA) is 108 Å². The molecule has 0 spiro atoms. The van der Waals surface area contributed by atoms with Gasteiger partial charge in [0.2, 0.25) is 0 Å². The number of benzene rings is 3. The number of aryl methyl sites for hydroxylation is 1. The molecule has 0 heterocycles. The molecule has 0 aliphatic carbocycles. The molecule has 3 rings (SSSR count). The van der Waals surface area contributed by atoms with Crippen LogP contribution >= 0.6 is 0 Å². The molecular formula is C31H28O8. The van der Waals surface area contributed by atoms with E-state index in [9.17, 15) is 14.4 Å². The number of aliphatic hydroxyl groups excluding tert-OH is 1. The van der Waals surface area contributed by atoms with Crippen molar-refractivity contribution < 1.29 is 38.4 Å². The van der Waals surface area contributed by atoms with Crippen molar-refractivity contribution in [3.05, 3.63) is 109 Å². The molecule has 8 heteroatoms. The summed E-state index contributed by atoms with van der Waals surface area (Å²) in [5, 5.41) is 8.86. The van der Waals surface area contributed by atoms with E-state index in [4.69, 9.17) is 24.1 Å². The minimum atomic E-state index is -0.666. The highest BCUT2D eigenvalue weighted by Gasteiger charge is 2.08. The second-order valence-corrected chi connectivity index (χ2v) is 8.20. The quantitative estimate of drug-likeness (QED) is 0.154. The van der Waals surface area contributed by atoms with Gasteiger partial charge in [0, 0.05) is 12.2 Å². The predicted octanol–water partition coefficient (Wildman–Crippen LogP) is 4.84. The third kappa shape index (κ3) is 8.84. The van der Waals surface area contributed by atoms with Gasteiger partial charge in [-0.25, -0.2) is 14.4 Å². The third-order valence-corrected chi connectivity index (χ3v) is 5.31. The van der Waals surface area contributed by atoms with E-state index in [1.165, 1.54) is 6.08 Å². The molecule has 3 aromatic carbocycles. The minimum Gasteiger partial charge on any atom is -0.490 e. The molecule has 0 atom stereocenters. The molecule has 0 fully saturated rings. The summed E-state index contributed by atoms with van der Waals surface area (Å²) in [6.45, 7) is 8.32. The Morgan fingerprint density at radius 2 is 1.44 bits per heavy atom. The van der Waals surface area contributed by atoms with Gasteiger partial charge < -0.3 is 24.1 Å². The lowest BCUT2D eigenvalue weighted by atomic mass is 10.1. The first-order chi connectivity index (χ1) is 18.8. The van der Waals surface area contributed by atoms with Crippen molar-refractivity contribution in [2.75, 3.05) is 19.8 Å². The Morgan fingerprint density at radius 1 is 0.846 bits per heavy atom. The fourth-order valence-corrected chi connectivity index (χ4v) is 3.29. The Morgan fingerprint density at radius 3 is 1.97 bits per heavy atom. The zero-order valence-electron chi connectivity index (χ0n) is 21.4. The minimum absolute atomic E-state index is 0.0184. The van der Waals surface area contributed by atoms with Crippen molar-refractivity contribution in [2.24, 2.45) is 0 Å². The van der Waals surface area contributed by atoms with Gasteiger partial charge in [-0.3, -0.25) is 0 Å². The van der Waals surface area contributed by atoms with E-state index < -0.39 is 24.5 Å². The molecule has 39 heavy (non-hydrogen) atoms. The van der Waals surface area contributed by atoms with E-state index in [2.05, 4.69) is 13.2 Å². The standard InChI is InChI=1S/C31H28O8/c1-4-29(33)38-26-11-7-24(8-12-26)25-9-13-27(14-10-25)39-30(34)16-6-23-5-15-28(21(2)19-23)36-17-18-37-31(35)22(3)20-32/h4-16,19,32H,1,3,17-18,20H2,2H3/b16-6+. The second-order valence-electron chi connectivity index (χ2n) is 8.20. The van der Waals surface area contributed by atoms with Crippen molar-refractivity contribution in [3.8, 4) is 28.4 Å². The van der Waals surface area contributed by atoms with Crippen molar-refractivity contribution in [1.82, 2.24) is 0 Å². The molecule has 0 amide bonds. The number of carbonyl (C=O) groups excluding carboxylic acids is 3. The molecule has 0 aliphatic heterocycles. The smallest absolute Gasteiger partial charge is 0.336 e. The van der Waals surface area contributed by atoms with Crippen LogP contribution < -0.4 is 14.2 Å². The summed E-state index contributed by atoms with van der Waals surface area (Å²) in [5.74, 6) is -0.291. The van der Waals surface area contributed by atoms with Crippen LogP contribution in [0.1, 0.15) is 11.1 Å². The molecule has 1 N–H and O–H groups in total. The number of hydrogen-bond acceptors (Lipinski definition) is 8. The number of carbonyl (C=O) groups is 3. The van der Waals surface area contributed by atoms with E-state index in [0.717, 1.165) is 28.3 Å². The van der Waals surface area contributed by atoms with Crippen LogP contribution in [0.4, 0.5) is 0 Å². The number of rotatable bonds is 12. The number of aliphatic hydroxyl groups is 1. The second kappa shape index (κ2) is 14.1. The summed E-state index contributed by atoms with van der Waals surface area (Å²) in [6.07, 6.45) is 4.07.